The lowest BCUT2D eigenvalue weighted by molar-refractivity contribution is -0.139. The van der Waals surface area contributed by atoms with Gasteiger partial charge in [0.05, 0.1) is 53.8 Å². The molecular formula is C41H40N2O8S. The first-order valence-electron chi connectivity index (χ1n) is 17.1. The molecule has 2 heterocycles. The zero-order chi connectivity index (χ0) is 36.9. The molecule has 5 aromatic rings. The van der Waals surface area contributed by atoms with Crippen molar-refractivity contribution in [2.45, 2.75) is 53.4 Å². The van der Waals surface area contributed by atoms with Gasteiger partial charge in [-0.2, -0.15) is 0 Å². The van der Waals surface area contributed by atoms with Gasteiger partial charge in [-0.25, -0.2) is 14.6 Å². The van der Waals surface area contributed by atoms with Crippen molar-refractivity contribution >= 4 is 40.1 Å². The quantitative estimate of drug-likeness (QED) is 0.134. The Morgan fingerprint density at radius 1 is 0.904 bits per heavy atom. The van der Waals surface area contributed by atoms with Gasteiger partial charge in [-0.05, 0) is 92.9 Å². The fourth-order valence-corrected chi connectivity index (χ4v) is 7.13. The topological polar surface area (TPSA) is 115 Å². The Bertz CT molecular complexity index is 2360. The van der Waals surface area contributed by atoms with Crippen LogP contribution in [0.1, 0.15) is 67.7 Å². The van der Waals surface area contributed by atoms with Crippen molar-refractivity contribution in [2.24, 2.45) is 4.99 Å². The molecule has 11 heteroatoms. The average molecular weight is 721 g/mol. The second-order valence-corrected chi connectivity index (χ2v) is 13.3. The van der Waals surface area contributed by atoms with Crippen LogP contribution in [0.3, 0.4) is 0 Å². The Morgan fingerprint density at radius 3 is 2.33 bits per heavy atom. The van der Waals surface area contributed by atoms with Crippen molar-refractivity contribution in [1.29, 1.82) is 0 Å². The molecule has 0 radical (unpaired) electrons. The maximum Gasteiger partial charge on any atom is 0.338 e. The van der Waals surface area contributed by atoms with E-state index in [2.05, 4.69) is 0 Å². The van der Waals surface area contributed by atoms with E-state index in [4.69, 9.17) is 28.7 Å². The average Bonchev–Trinajstić information content (AvgIpc) is 3.44. The van der Waals surface area contributed by atoms with Gasteiger partial charge >= 0.3 is 11.9 Å². The van der Waals surface area contributed by atoms with E-state index in [9.17, 15) is 14.4 Å². The second-order valence-electron chi connectivity index (χ2n) is 12.3. The van der Waals surface area contributed by atoms with Gasteiger partial charge in [0.15, 0.2) is 16.3 Å². The van der Waals surface area contributed by atoms with Crippen LogP contribution in [0.2, 0.25) is 0 Å². The van der Waals surface area contributed by atoms with Crippen molar-refractivity contribution in [3.63, 3.8) is 0 Å². The molecule has 52 heavy (non-hydrogen) atoms. The van der Waals surface area contributed by atoms with Crippen molar-refractivity contribution in [1.82, 2.24) is 4.57 Å². The third kappa shape index (κ3) is 7.36. The van der Waals surface area contributed by atoms with E-state index in [-0.39, 0.29) is 36.4 Å². The van der Waals surface area contributed by atoms with E-state index in [1.807, 2.05) is 74.5 Å². The first-order valence-corrected chi connectivity index (χ1v) is 17.9. The van der Waals surface area contributed by atoms with E-state index in [0.717, 1.165) is 21.9 Å². The number of carbonyl (C=O) groups is 2. The zero-order valence-corrected chi connectivity index (χ0v) is 30.7. The molecule has 4 aromatic carbocycles. The normalized spacial score (nSPS) is 14.2. The number of methoxy groups -OCH3 is 1. The third-order valence-corrected chi connectivity index (χ3v) is 9.43. The Kier molecular flexibility index (Phi) is 10.9. The van der Waals surface area contributed by atoms with Gasteiger partial charge in [-0.15, -0.1) is 0 Å². The minimum absolute atomic E-state index is 0.0885. The fraction of sp³-hybridized carbons (Fsp3) is 0.268. The Hall–Kier alpha value is -5.68. The number of hydrogen-bond donors (Lipinski definition) is 0. The molecule has 0 N–H and O–H groups in total. The third-order valence-electron chi connectivity index (χ3n) is 8.45. The van der Waals surface area contributed by atoms with Crippen LogP contribution in [0.15, 0.2) is 99.9 Å². The molecule has 0 aliphatic carbocycles. The zero-order valence-electron chi connectivity index (χ0n) is 29.9. The molecule has 1 aromatic heterocycles. The van der Waals surface area contributed by atoms with Gasteiger partial charge in [-0.1, -0.05) is 59.9 Å². The maximum atomic E-state index is 14.5. The van der Waals surface area contributed by atoms with Crippen molar-refractivity contribution in [3.8, 4) is 17.2 Å². The highest BCUT2D eigenvalue weighted by molar-refractivity contribution is 7.07. The molecule has 0 unspecified atom stereocenters. The van der Waals surface area contributed by atoms with Crippen LogP contribution in [0.4, 0.5) is 0 Å². The molecule has 0 bridgehead atoms. The largest absolute Gasteiger partial charge is 0.493 e. The first kappa shape index (κ1) is 36.1. The molecule has 1 aliphatic rings. The predicted molar refractivity (Wildman–Crippen MR) is 200 cm³/mol. The molecule has 10 nitrogen and oxygen atoms in total. The van der Waals surface area contributed by atoms with Gasteiger partial charge in [0, 0.05) is 5.56 Å². The summed E-state index contributed by atoms with van der Waals surface area (Å²) in [6.07, 6.45) is 1.74. The number of ether oxygens (including phenoxy) is 5. The lowest BCUT2D eigenvalue weighted by Crippen LogP contribution is -2.40. The van der Waals surface area contributed by atoms with E-state index < -0.39 is 12.0 Å². The molecule has 1 aliphatic heterocycles. The van der Waals surface area contributed by atoms with Gasteiger partial charge in [0.25, 0.3) is 5.56 Å². The molecule has 0 saturated heterocycles. The molecule has 0 spiro atoms. The van der Waals surface area contributed by atoms with E-state index >= 15 is 0 Å². The van der Waals surface area contributed by atoms with E-state index in [1.165, 1.54) is 11.3 Å². The Balaban J connectivity index is 1.46. The maximum absolute atomic E-state index is 14.5. The highest BCUT2D eigenvalue weighted by Gasteiger charge is 2.34. The first-order chi connectivity index (χ1) is 25.1. The summed E-state index contributed by atoms with van der Waals surface area (Å²) >= 11 is 1.23. The van der Waals surface area contributed by atoms with Gasteiger partial charge in [-0.3, -0.25) is 9.36 Å². The van der Waals surface area contributed by atoms with Crippen molar-refractivity contribution < 1.29 is 33.3 Å². The summed E-state index contributed by atoms with van der Waals surface area (Å²) < 4.78 is 30.5. The SMILES string of the molecule is CCOC(=O)C1=C(C)N=c2s/c(=C/c3c(OCc4ccc(C(=O)OCC)cc4)ccc4ccccc34)c(=O)n2[C@H]1c1ccc(OC(C)C)c(OC)c1. The highest BCUT2D eigenvalue weighted by atomic mass is 32.1. The lowest BCUT2D eigenvalue weighted by atomic mass is 9.95. The molecule has 1 atom stereocenters. The molecule has 268 valence electrons. The number of thiazole rings is 1. The minimum atomic E-state index is -0.833. The number of hydrogen-bond acceptors (Lipinski definition) is 10. The second kappa shape index (κ2) is 15.7. The van der Waals surface area contributed by atoms with Gasteiger partial charge in [0.2, 0.25) is 0 Å². The monoisotopic (exact) mass is 720 g/mol. The standard InChI is InChI=1S/C41H40N2O8S/c1-7-48-39(45)28-15-13-26(14-16-28)23-50-32-19-17-27-11-9-10-12-30(27)31(32)22-35-38(44)43-37(29-18-20-33(51-24(3)4)34(21-29)47-6)36(40(46)49-8-2)25(5)42-41(43)52-35/h9-22,24,37H,7-8,23H2,1-6H3/b35-22+/t37-/m0/s1. The van der Waals surface area contributed by atoms with Crippen molar-refractivity contribution in [2.75, 3.05) is 20.3 Å². The summed E-state index contributed by atoms with van der Waals surface area (Å²) in [5.41, 5.74) is 3.09. The number of nitrogens with zero attached hydrogens (tertiary/aromatic N) is 2. The summed E-state index contributed by atoms with van der Waals surface area (Å²) in [5.74, 6) is 0.662. The summed E-state index contributed by atoms with van der Waals surface area (Å²) in [6.45, 7) is 9.79. The van der Waals surface area contributed by atoms with E-state index in [1.54, 1.807) is 56.7 Å². The summed E-state index contributed by atoms with van der Waals surface area (Å²) in [6, 6.07) is 23.4. The Morgan fingerprint density at radius 2 is 1.62 bits per heavy atom. The van der Waals surface area contributed by atoms with Crippen LogP contribution in [-0.2, 0) is 20.9 Å². The lowest BCUT2D eigenvalue weighted by Gasteiger charge is -2.25. The smallest absolute Gasteiger partial charge is 0.338 e. The minimum Gasteiger partial charge on any atom is -0.493 e. The molecule has 6 rings (SSSR count). The van der Waals surface area contributed by atoms with E-state index in [0.29, 0.717) is 50.0 Å². The number of aromatic nitrogens is 1. The molecule has 0 amide bonds. The summed E-state index contributed by atoms with van der Waals surface area (Å²) in [7, 11) is 1.55. The van der Waals surface area contributed by atoms with Crippen LogP contribution in [0.25, 0.3) is 16.8 Å². The number of carbonyl (C=O) groups excluding carboxylic acids is 2. The molecule has 0 fully saturated rings. The van der Waals surface area contributed by atoms with Crippen LogP contribution >= 0.6 is 11.3 Å². The molecule has 0 saturated carbocycles. The molecular weight excluding hydrogens is 681 g/mol. The number of rotatable bonds is 12. The van der Waals surface area contributed by atoms with Crippen LogP contribution < -0.4 is 29.1 Å². The highest BCUT2D eigenvalue weighted by Crippen LogP contribution is 2.37. The van der Waals surface area contributed by atoms with Gasteiger partial charge < -0.3 is 23.7 Å². The number of benzene rings is 4. The van der Waals surface area contributed by atoms with Crippen molar-refractivity contribution in [3.05, 3.63) is 132 Å². The fourth-order valence-electron chi connectivity index (χ4n) is 6.11. The summed E-state index contributed by atoms with van der Waals surface area (Å²) in [4.78, 5) is 45.3. The van der Waals surface area contributed by atoms with Crippen LogP contribution in [0.5, 0.6) is 17.2 Å². The summed E-state index contributed by atoms with van der Waals surface area (Å²) in [5, 5.41) is 1.87. The Labute approximate surface area is 305 Å². The van der Waals surface area contributed by atoms with Crippen LogP contribution in [-0.4, -0.2) is 42.9 Å². The number of fused-ring (bicyclic) bond motifs is 2. The number of allylic oxidation sites excluding steroid dienone is 1. The predicted octanol–water partition coefficient (Wildman–Crippen LogP) is 6.50. The van der Waals surface area contributed by atoms with Crippen LogP contribution in [0, 0.1) is 0 Å². The van der Waals surface area contributed by atoms with Gasteiger partial charge in [0.1, 0.15) is 12.4 Å². The number of esters is 2.